The van der Waals surface area contributed by atoms with Gasteiger partial charge in [0.05, 0.1) is 4.92 Å². The second-order valence-corrected chi connectivity index (χ2v) is 5.63. The van der Waals surface area contributed by atoms with Gasteiger partial charge in [-0.2, -0.15) is 0 Å². The normalized spacial score (nSPS) is 15.4. The lowest BCUT2D eigenvalue weighted by atomic mass is 9.97. The molecule has 0 bridgehead atoms. The summed E-state index contributed by atoms with van der Waals surface area (Å²) in [5.41, 5.74) is 1.25. The Balaban J connectivity index is 1.83. The van der Waals surface area contributed by atoms with Gasteiger partial charge in [-0.15, -0.1) is 0 Å². The van der Waals surface area contributed by atoms with E-state index < -0.39 is 11.0 Å². The third-order valence-electron chi connectivity index (χ3n) is 3.87. The quantitative estimate of drug-likeness (QED) is 0.475. The van der Waals surface area contributed by atoms with Crippen LogP contribution in [-0.4, -0.2) is 23.5 Å². The van der Waals surface area contributed by atoms with Gasteiger partial charge in [0.25, 0.3) is 5.91 Å². The third kappa shape index (κ3) is 5.09. The van der Waals surface area contributed by atoms with Gasteiger partial charge in [-0.05, 0) is 45.1 Å². The van der Waals surface area contributed by atoms with Crippen molar-refractivity contribution in [3.8, 4) is 5.75 Å². The number of hydrogen-bond acceptors (Lipinski definition) is 4. The second kappa shape index (κ2) is 8.31. The summed E-state index contributed by atoms with van der Waals surface area (Å²) in [6.07, 6.45) is 7.02. The van der Waals surface area contributed by atoms with Crippen LogP contribution < -0.4 is 10.1 Å². The molecular weight excluding hydrogens is 296 g/mol. The van der Waals surface area contributed by atoms with E-state index in [1.165, 1.54) is 30.5 Å². The maximum atomic E-state index is 12.0. The number of nitro groups is 1. The Morgan fingerprint density at radius 2 is 2.17 bits per heavy atom. The van der Waals surface area contributed by atoms with Gasteiger partial charge in [-0.3, -0.25) is 14.9 Å². The first kappa shape index (κ1) is 17.0. The molecule has 0 spiro atoms. The highest BCUT2D eigenvalue weighted by Gasteiger charge is 2.20. The van der Waals surface area contributed by atoms with Crippen LogP contribution in [0.25, 0.3) is 0 Å². The minimum Gasteiger partial charge on any atom is -0.474 e. The second-order valence-electron chi connectivity index (χ2n) is 5.63. The third-order valence-corrected chi connectivity index (χ3v) is 3.87. The van der Waals surface area contributed by atoms with Gasteiger partial charge in [0.15, 0.2) is 11.9 Å². The molecule has 6 heteroatoms. The van der Waals surface area contributed by atoms with E-state index in [-0.39, 0.29) is 17.3 Å². The molecule has 0 aliphatic heterocycles. The number of hydrogen-bond donors (Lipinski definition) is 1. The van der Waals surface area contributed by atoms with Crippen LogP contribution in [0.15, 0.2) is 35.9 Å². The molecule has 1 N–H and O–H groups in total. The average molecular weight is 318 g/mol. The summed E-state index contributed by atoms with van der Waals surface area (Å²) < 4.78 is 5.44. The molecule has 1 atom stereocenters. The lowest BCUT2D eigenvalue weighted by molar-refractivity contribution is -0.386. The largest absolute Gasteiger partial charge is 0.474 e. The van der Waals surface area contributed by atoms with Crippen LogP contribution in [0.2, 0.25) is 0 Å². The van der Waals surface area contributed by atoms with Crippen molar-refractivity contribution in [1.82, 2.24) is 5.32 Å². The molecule has 2 rings (SSSR count). The molecular formula is C17H22N2O4. The number of carbonyl (C=O) groups is 1. The van der Waals surface area contributed by atoms with Crippen molar-refractivity contribution >= 4 is 11.6 Å². The van der Waals surface area contributed by atoms with Gasteiger partial charge in [0.1, 0.15) is 0 Å². The summed E-state index contributed by atoms with van der Waals surface area (Å²) in [4.78, 5) is 22.5. The molecule has 0 saturated heterocycles. The Morgan fingerprint density at radius 3 is 2.87 bits per heavy atom. The fourth-order valence-electron chi connectivity index (χ4n) is 2.57. The lowest BCUT2D eigenvalue weighted by Gasteiger charge is -2.16. The molecule has 1 aliphatic rings. The highest BCUT2D eigenvalue weighted by Crippen LogP contribution is 2.26. The molecule has 23 heavy (non-hydrogen) atoms. The Kier molecular flexibility index (Phi) is 6.14. The van der Waals surface area contributed by atoms with Crippen LogP contribution in [-0.2, 0) is 4.79 Å². The van der Waals surface area contributed by atoms with Gasteiger partial charge >= 0.3 is 5.69 Å². The van der Waals surface area contributed by atoms with Gasteiger partial charge < -0.3 is 10.1 Å². The van der Waals surface area contributed by atoms with E-state index in [2.05, 4.69) is 11.4 Å². The Hall–Kier alpha value is -2.37. The Labute approximate surface area is 135 Å². The number of nitrogens with zero attached hydrogens (tertiary/aromatic N) is 1. The van der Waals surface area contributed by atoms with E-state index in [1.807, 2.05) is 0 Å². The van der Waals surface area contributed by atoms with E-state index in [1.54, 1.807) is 19.1 Å². The summed E-state index contributed by atoms with van der Waals surface area (Å²) in [5, 5.41) is 13.8. The van der Waals surface area contributed by atoms with Crippen LogP contribution in [0.4, 0.5) is 5.69 Å². The molecule has 1 unspecified atom stereocenters. The van der Waals surface area contributed by atoms with E-state index >= 15 is 0 Å². The Bertz CT molecular complexity index is 598. The van der Waals surface area contributed by atoms with Gasteiger partial charge in [-0.25, -0.2) is 0 Å². The molecule has 0 radical (unpaired) electrons. The first-order valence-corrected chi connectivity index (χ1v) is 7.93. The van der Waals surface area contributed by atoms with E-state index in [4.69, 9.17) is 4.74 Å². The SMILES string of the molecule is CC(Oc1ccccc1[N+](=O)[O-])C(=O)NCCC1=CCCCC1. The minimum absolute atomic E-state index is 0.107. The number of carbonyl (C=O) groups excluding carboxylic acids is 1. The highest BCUT2D eigenvalue weighted by molar-refractivity contribution is 5.80. The van der Waals surface area contributed by atoms with Crippen molar-refractivity contribution in [1.29, 1.82) is 0 Å². The van der Waals surface area contributed by atoms with E-state index in [9.17, 15) is 14.9 Å². The number of para-hydroxylation sites is 2. The summed E-state index contributed by atoms with van der Waals surface area (Å²) in [5.74, 6) is -0.158. The fourth-order valence-corrected chi connectivity index (χ4v) is 2.57. The van der Waals surface area contributed by atoms with Crippen LogP contribution >= 0.6 is 0 Å². The molecule has 0 heterocycles. The van der Waals surface area contributed by atoms with Crippen LogP contribution in [0.1, 0.15) is 39.0 Å². The predicted molar refractivity (Wildman–Crippen MR) is 87.4 cm³/mol. The molecule has 6 nitrogen and oxygen atoms in total. The summed E-state index contributed by atoms with van der Waals surface area (Å²) in [6, 6.07) is 6.06. The van der Waals surface area contributed by atoms with E-state index in [0.29, 0.717) is 6.54 Å². The number of allylic oxidation sites excluding steroid dienone is 1. The number of ether oxygens (including phenoxy) is 1. The first-order chi connectivity index (χ1) is 11.1. The number of rotatable bonds is 7. The number of nitro benzene ring substituents is 1. The van der Waals surface area contributed by atoms with Crippen LogP contribution in [0, 0.1) is 10.1 Å². The summed E-state index contributed by atoms with van der Waals surface area (Å²) in [7, 11) is 0. The number of nitrogens with one attached hydrogen (secondary N) is 1. The predicted octanol–water partition coefficient (Wildman–Crippen LogP) is 3.37. The molecule has 124 valence electrons. The maximum absolute atomic E-state index is 12.0. The first-order valence-electron chi connectivity index (χ1n) is 7.93. The van der Waals surface area contributed by atoms with Crippen molar-refractivity contribution in [2.45, 2.75) is 45.1 Å². The Morgan fingerprint density at radius 1 is 1.39 bits per heavy atom. The van der Waals surface area contributed by atoms with Crippen molar-refractivity contribution in [2.75, 3.05) is 6.54 Å². The van der Waals surface area contributed by atoms with Crippen molar-refractivity contribution in [3.63, 3.8) is 0 Å². The standard InChI is InChI=1S/C17H22N2O4/c1-13(23-16-10-6-5-9-15(16)19(21)22)17(20)18-12-11-14-7-3-2-4-8-14/h5-7,9-10,13H,2-4,8,11-12H2,1H3,(H,18,20). The summed E-state index contributed by atoms with van der Waals surface area (Å²) >= 11 is 0. The van der Waals surface area contributed by atoms with Crippen LogP contribution in [0.5, 0.6) is 5.75 Å². The molecule has 1 amide bonds. The number of amides is 1. The maximum Gasteiger partial charge on any atom is 0.310 e. The fraction of sp³-hybridized carbons (Fsp3) is 0.471. The minimum atomic E-state index is -0.781. The van der Waals surface area contributed by atoms with Crippen molar-refractivity contribution < 1.29 is 14.5 Å². The monoisotopic (exact) mass is 318 g/mol. The molecule has 0 fully saturated rings. The van der Waals surface area contributed by atoms with Gasteiger partial charge in [0.2, 0.25) is 0 Å². The van der Waals surface area contributed by atoms with Gasteiger partial charge in [0, 0.05) is 12.6 Å². The zero-order valence-corrected chi connectivity index (χ0v) is 13.3. The van der Waals surface area contributed by atoms with Crippen molar-refractivity contribution in [2.24, 2.45) is 0 Å². The van der Waals surface area contributed by atoms with Crippen LogP contribution in [0.3, 0.4) is 0 Å². The van der Waals surface area contributed by atoms with Crippen molar-refractivity contribution in [3.05, 3.63) is 46.0 Å². The lowest BCUT2D eigenvalue weighted by Crippen LogP contribution is -2.37. The zero-order chi connectivity index (χ0) is 16.7. The molecule has 1 aromatic rings. The highest BCUT2D eigenvalue weighted by atomic mass is 16.6. The summed E-state index contributed by atoms with van der Waals surface area (Å²) in [6.45, 7) is 2.15. The molecule has 0 aromatic heterocycles. The topological polar surface area (TPSA) is 81.5 Å². The molecule has 1 aromatic carbocycles. The van der Waals surface area contributed by atoms with E-state index in [0.717, 1.165) is 19.3 Å². The zero-order valence-electron chi connectivity index (χ0n) is 13.3. The smallest absolute Gasteiger partial charge is 0.310 e. The van der Waals surface area contributed by atoms with Gasteiger partial charge in [-0.1, -0.05) is 23.8 Å². The molecule has 0 saturated carbocycles. The molecule has 1 aliphatic carbocycles. The number of benzene rings is 1. The average Bonchev–Trinajstić information content (AvgIpc) is 2.56.